The lowest BCUT2D eigenvalue weighted by Gasteiger charge is -2.12. The summed E-state index contributed by atoms with van der Waals surface area (Å²) in [6, 6.07) is 9.57. The van der Waals surface area contributed by atoms with Gasteiger partial charge in [-0.3, -0.25) is 0 Å². The lowest BCUT2D eigenvalue weighted by molar-refractivity contribution is 0.292. The maximum atomic E-state index is 5.97. The molecule has 0 saturated carbocycles. The minimum atomic E-state index is 0.318. The van der Waals surface area contributed by atoms with E-state index in [4.69, 9.17) is 34.3 Å². The van der Waals surface area contributed by atoms with Crippen molar-refractivity contribution in [1.29, 1.82) is 0 Å². The number of rotatable bonds is 4. The van der Waals surface area contributed by atoms with Crippen LogP contribution in [0.4, 0.5) is 0 Å². The Kier molecular flexibility index (Phi) is 4.08. The zero-order valence-corrected chi connectivity index (χ0v) is 13.0. The highest BCUT2D eigenvalue weighted by molar-refractivity contribution is 7.80. The second-order valence-electron chi connectivity index (χ2n) is 5.08. The smallest absolute Gasteiger partial charge is 0.224 e. The fourth-order valence-corrected chi connectivity index (χ4v) is 2.88. The number of nitrogens with zero attached hydrogens (tertiary/aromatic N) is 1. The number of fused-ring (bicyclic) bond motifs is 1. The summed E-state index contributed by atoms with van der Waals surface area (Å²) in [7, 11) is 0. The van der Waals surface area contributed by atoms with Gasteiger partial charge in [0.15, 0.2) is 0 Å². The molecule has 3 rings (SSSR count). The van der Waals surface area contributed by atoms with Gasteiger partial charge in [-0.1, -0.05) is 36.0 Å². The highest BCUT2D eigenvalue weighted by Crippen LogP contribution is 2.27. The number of pyridine rings is 1. The molecule has 0 aliphatic heterocycles. The predicted octanol–water partition coefficient (Wildman–Crippen LogP) is 3.44. The van der Waals surface area contributed by atoms with Crippen LogP contribution >= 0.6 is 23.8 Å². The van der Waals surface area contributed by atoms with Gasteiger partial charge in [0.1, 0.15) is 11.6 Å². The monoisotopic (exact) mass is 318 g/mol. The van der Waals surface area contributed by atoms with E-state index in [1.807, 2.05) is 30.3 Å². The summed E-state index contributed by atoms with van der Waals surface area (Å²) in [5.41, 5.74) is 9.82. The van der Waals surface area contributed by atoms with Crippen molar-refractivity contribution in [3.63, 3.8) is 0 Å². The molecular weight excluding hydrogens is 304 g/mol. The molecule has 0 bridgehead atoms. The molecule has 1 aliphatic rings. The van der Waals surface area contributed by atoms with Crippen molar-refractivity contribution in [3.05, 3.63) is 57.7 Å². The number of aryl methyl sites for hydroxylation is 2. The topological polar surface area (TPSA) is 48.1 Å². The van der Waals surface area contributed by atoms with Crippen LogP contribution in [0.15, 0.2) is 30.3 Å². The predicted molar refractivity (Wildman–Crippen MR) is 87.9 cm³/mol. The highest BCUT2D eigenvalue weighted by atomic mass is 35.5. The molecule has 2 aromatic rings. The maximum absolute atomic E-state index is 5.97. The third-order valence-corrected chi connectivity index (χ3v) is 4.00. The van der Waals surface area contributed by atoms with E-state index in [1.165, 1.54) is 5.56 Å². The number of hydrogen-bond acceptors (Lipinski definition) is 3. The number of aromatic nitrogens is 1. The van der Waals surface area contributed by atoms with Crippen LogP contribution in [0.1, 0.15) is 28.8 Å². The van der Waals surface area contributed by atoms with Gasteiger partial charge >= 0.3 is 0 Å². The number of ether oxygens (including phenoxy) is 1. The second-order valence-corrected chi connectivity index (χ2v) is 5.96. The molecule has 1 aromatic heterocycles. The summed E-state index contributed by atoms with van der Waals surface area (Å²) < 4.78 is 5.83. The fourth-order valence-electron chi connectivity index (χ4n) is 2.52. The third-order valence-electron chi connectivity index (χ3n) is 3.55. The SMILES string of the molecule is NC(=S)c1cc2c(nc1OCc1cccc(Cl)c1)CCC2. The van der Waals surface area contributed by atoms with Crippen molar-refractivity contribution in [3.8, 4) is 5.88 Å². The van der Waals surface area contributed by atoms with Crippen LogP contribution in [-0.4, -0.2) is 9.97 Å². The molecule has 21 heavy (non-hydrogen) atoms. The lowest BCUT2D eigenvalue weighted by Crippen LogP contribution is -2.14. The number of hydrogen-bond donors (Lipinski definition) is 1. The largest absolute Gasteiger partial charge is 0.472 e. The molecule has 0 unspecified atom stereocenters. The summed E-state index contributed by atoms with van der Waals surface area (Å²) in [5, 5.41) is 0.688. The van der Waals surface area contributed by atoms with E-state index in [0.717, 1.165) is 30.5 Å². The molecule has 0 spiro atoms. The number of thiocarbonyl (C=S) groups is 1. The molecule has 2 N–H and O–H groups in total. The Bertz CT molecular complexity index is 703. The first-order valence-electron chi connectivity index (χ1n) is 6.83. The summed E-state index contributed by atoms with van der Waals surface area (Å²) in [4.78, 5) is 4.91. The van der Waals surface area contributed by atoms with Crippen LogP contribution in [0, 0.1) is 0 Å². The fraction of sp³-hybridized carbons (Fsp3) is 0.250. The van der Waals surface area contributed by atoms with E-state index < -0.39 is 0 Å². The normalized spacial score (nSPS) is 13.0. The summed E-state index contributed by atoms with van der Waals surface area (Å²) in [5.74, 6) is 0.517. The second kappa shape index (κ2) is 6.00. The molecular formula is C16H15ClN2OS. The van der Waals surface area contributed by atoms with Gasteiger partial charge in [0.25, 0.3) is 0 Å². The molecule has 0 radical (unpaired) electrons. The van der Waals surface area contributed by atoms with Gasteiger partial charge in [-0.2, -0.15) is 0 Å². The van der Waals surface area contributed by atoms with E-state index in [9.17, 15) is 0 Å². The Morgan fingerprint density at radius 2 is 2.19 bits per heavy atom. The first-order valence-corrected chi connectivity index (χ1v) is 7.62. The van der Waals surface area contributed by atoms with Gasteiger partial charge in [-0.05, 0) is 48.6 Å². The molecule has 1 heterocycles. The Balaban J connectivity index is 1.86. The van der Waals surface area contributed by atoms with Crippen LogP contribution in [0.3, 0.4) is 0 Å². The van der Waals surface area contributed by atoms with E-state index >= 15 is 0 Å². The molecule has 5 heteroatoms. The highest BCUT2D eigenvalue weighted by Gasteiger charge is 2.18. The maximum Gasteiger partial charge on any atom is 0.224 e. The van der Waals surface area contributed by atoms with Crippen LogP contribution in [0.2, 0.25) is 5.02 Å². The van der Waals surface area contributed by atoms with Gasteiger partial charge in [-0.15, -0.1) is 0 Å². The van der Waals surface area contributed by atoms with Crippen molar-refractivity contribution in [2.75, 3.05) is 0 Å². The molecule has 1 aliphatic carbocycles. The lowest BCUT2D eigenvalue weighted by atomic mass is 10.1. The van der Waals surface area contributed by atoms with E-state index in [2.05, 4.69) is 4.98 Å². The van der Waals surface area contributed by atoms with Gasteiger partial charge < -0.3 is 10.5 Å². The van der Waals surface area contributed by atoms with E-state index in [-0.39, 0.29) is 0 Å². The minimum absolute atomic E-state index is 0.318. The Morgan fingerprint density at radius 1 is 1.33 bits per heavy atom. The third kappa shape index (κ3) is 3.17. The summed E-state index contributed by atoms with van der Waals surface area (Å²) in [6.45, 7) is 0.391. The van der Waals surface area contributed by atoms with E-state index in [1.54, 1.807) is 0 Å². The Labute approximate surface area is 134 Å². The number of halogens is 1. The number of benzene rings is 1. The zero-order chi connectivity index (χ0) is 14.8. The molecule has 0 atom stereocenters. The van der Waals surface area contributed by atoms with Crippen LogP contribution in [0.25, 0.3) is 0 Å². The van der Waals surface area contributed by atoms with Gasteiger partial charge in [0, 0.05) is 10.7 Å². The van der Waals surface area contributed by atoms with Gasteiger partial charge in [0.05, 0.1) is 5.56 Å². The molecule has 0 fully saturated rings. The molecule has 1 aromatic carbocycles. The average molecular weight is 319 g/mol. The summed E-state index contributed by atoms with van der Waals surface area (Å²) >= 11 is 11.1. The standard InChI is InChI=1S/C16H15ClN2OS/c17-12-5-1-3-10(7-12)9-20-16-13(15(18)21)8-11-4-2-6-14(11)19-16/h1,3,5,7-8H,2,4,6,9H2,(H2,18,21). The average Bonchev–Trinajstić information content (AvgIpc) is 2.91. The van der Waals surface area contributed by atoms with Gasteiger partial charge in [-0.25, -0.2) is 4.98 Å². The van der Waals surface area contributed by atoms with Crippen LogP contribution in [0.5, 0.6) is 5.88 Å². The van der Waals surface area contributed by atoms with E-state index in [0.29, 0.717) is 28.1 Å². The van der Waals surface area contributed by atoms with Crippen molar-refractivity contribution in [1.82, 2.24) is 4.98 Å². The molecule has 108 valence electrons. The number of nitrogens with two attached hydrogens (primary N) is 1. The van der Waals surface area contributed by atoms with Crippen molar-refractivity contribution in [2.24, 2.45) is 5.73 Å². The van der Waals surface area contributed by atoms with Crippen LogP contribution in [-0.2, 0) is 19.4 Å². The first-order chi connectivity index (χ1) is 10.1. The molecule has 3 nitrogen and oxygen atoms in total. The minimum Gasteiger partial charge on any atom is -0.472 e. The van der Waals surface area contributed by atoms with Gasteiger partial charge in [0.2, 0.25) is 5.88 Å². The Morgan fingerprint density at radius 3 is 2.95 bits per heavy atom. The summed E-state index contributed by atoms with van der Waals surface area (Å²) in [6.07, 6.45) is 3.14. The Hall–Kier alpha value is -1.65. The van der Waals surface area contributed by atoms with Crippen molar-refractivity contribution in [2.45, 2.75) is 25.9 Å². The van der Waals surface area contributed by atoms with Crippen molar-refractivity contribution >= 4 is 28.8 Å². The van der Waals surface area contributed by atoms with Crippen molar-refractivity contribution < 1.29 is 4.74 Å². The zero-order valence-electron chi connectivity index (χ0n) is 11.4. The quantitative estimate of drug-likeness (QED) is 0.877. The molecule has 0 amide bonds. The van der Waals surface area contributed by atoms with Crippen LogP contribution < -0.4 is 10.5 Å². The molecule has 0 saturated heterocycles. The first kappa shape index (κ1) is 14.3.